The second-order valence-corrected chi connectivity index (χ2v) is 11.3. The van der Waals surface area contributed by atoms with Crippen LogP contribution in [0.15, 0.2) is 42.7 Å². The Morgan fingerprint density at radius 3 is 2.49 bits per heavy atom. The van der Waals surface area contributed by atoms with E-state index >= 15 is 0 Å². The van der Waals surface area contributed by atoms with E-state index < -0.39 is 10.0 Å². The number of amides is 1. The molecule has 1 aromatic carbocycles. The molecule has 2 aromatic heterocycles. The van der Waals surface area contributed by atoms with Crippen LogP contribution in [0, 0.1) is 0 Å². The van der Waals surface area contributed by atoms with Crippen LogP contribution in [-0.2, 0) is 19.6 Å². The lowest BCUT2D eigenvalue weighted by Gasteiger charge is -2.30. The van der Waals surface area contributed by atoms with Gasteiger partial charge in [-0.3, -0.25) is 9.78 Å². The van der Waals surface area contributed by atoms with Crippen LogP contribution in [-0.4, -0.2) is 90.7 Å². The molecular formula is C25H31N5O5S2. The molecule has 37 heavy (non-hydrogen) atoms. The monoisotopic (exact) mass is 545 g/mol. The van der Waals surface area contributed by atoms with Gasteiger partial charge < -0.3 is 14.4 Å². The fraction of sp³-hybridized carbons (Fsp3) is 0.440. The van der Waals surface area contributed by atoms with Gasteiger partial charge in [0.2, 0.25) is 21.8 Å². The fourth-order valence-corrected chi connectivity index (χ4v) is 5.54. The lowest BCUT2D eigenvalue weighted by molar-refractivity contribution is -0.148. The van der Waals surface area contributed by atoms with Gasteiger partial charge in [0, 0.05) is 44.6 Å². The predicted molar refractivity (Wildman–Crippen MR) is 144 cm³/mol. The Morgan fingerprint density at radius 2 is 1.81 bits per heavy atom. The summed E-state index contributed by atoms with van der Waals surface area (Å²) in [6, 6.07) is 10.1. The largest absolute Gasteiger partial charge is 0.473 e. The minimum atomic E-state index is -3.14. The molecule has 0 bridgehead atoms. The summed E-state index contributed by atoms with van der Waals surface area (Å²) in [7, 11) is -1.39. The van der Waals surface area contributed by atoms with Crippen LogP contribution in [0.25, 0.3) is 22.3 Å². The zero-order chi connectivity index (χ0) is 25.3. The first-order valence-electron chi connectivity index (χ1n) is 11.9. The van der Waals surface area contributed by atoms with Crippen molar-refractivity contribution in [1.29, 1.82) is 0 Å². The number of likely N-dealkylation sites (N-methyl/N-ethyl adjacent to an activating group) is 1. The third-order valence-electron chi connectivity index (χ3n) is 6.78. The number of carbonyl (C=O) groups excluding carboxylic acids is 1. The summed E-state index contributed by atoms with van der Waals surface area (Å²) in [5.41, 5.74) is 4.07. The van der Waals surface area contributed by atoms with E-state index in [0.717, 1.165) is 18.4 Å². The van der Waals surface area contributed by atoms with Crippen molar-refractivity contribution in [3.8, 4) is 17.1 Å². The maximum Gasteiger partial charge on any atom is 0.248 e. The number of hydrogen-bond acceptors (Lipinski definition) is 8. The summed E-state index contributed by atoms with van der Waals surface area (Å²) in [5.74, 6) is 0.648. The first kappa shape index (κ1) is 27.2. The Balaban J connectivity index is 0.00000320. The summed E-state index contributed by atoms with van der Waals surface area (Å²) < 4.78 is 36.8. The molecule has 1 amide bonds. The number of piperidine rings is 1. The van der Waals surface area contributed by atoms with E-state index in [4.69, 9.17) is 14.5 Å². The first-order valence-corrected chi connectivity index (χ1v) is 13.8. The number of aromatic nitrogens is 3. The Kier molecular flexibility index (Phi) is 8.32. The highest BCUT2D eigenvalue weighted by Gasteiger charge is 2.26. The van der Waals surface area contributed by atoms with Gasteiger partial charge in [0.05, 0.1) is 17.5 Å². The van der Waals surface area contributed by atoms with Crippen LogP contribution in [0.2, 0.25) is 0 Å². The van der Waals surface area contributed by atoms with E-state index in [0.29, 0.717) is 48.2 Å². The molecule has 3 aromatic rings. The van der Waals surface area contributed by atoms with E-state index in [9.17, 15) is 13.2 Å². The number of nitrogens with zero attached hydrogens (tertiary/aromatic N) is 5. The van der Waals surface area contributed by atoms with Crippen LogP contribution in [0.4, 0.5) is 0 Å². The first-order chi connectivity index (χ1) is 17.3. The van der Waals surface area contributed by atoms with Gasteiger partial charge in [-0.2, -0.15) is 13.5 Å². The molecule has 0 spiro atoms. The Hall–Kier alpha value is -2.80. The molecule has 4 heterocycles. The molecule has 0 unspecified atom stereocenters. The Morgan fingerprint density at radius 1 is 1.11 bits per heavy atom. The highest BCUT2D eigenvalue weighted by molar-refractivity contribution is 7.88. The number of pyridine rings is 1. The molecule has 0 N–H and O–H groups in total. The zero-order valence-corrected chi connectivity index (χ0v) is 22.6. The second kappa shape index (κ2) is 11.3. The molecule has 5 rings (SSSR count). The van der Waals surface area contributed by atoms with Crippen LogP contribution in [0.5, 0.6) is 5.88 Å². The fourth-order valence-electron chi connectivity index (χ4n) is 4.67. The van der Waals surface area contributed by atoms with Crippen molar-refractivity contribution in [2.24, 2.45) is 0 Å². The number of carbonyl (C=O) groups is 1. The van der Waals surface area contributed by atoms with E-state index in [2.05, 4.69) is 22.1 Å². The smallest absolute Gasteiger partial charge is 0.248 e. The molecule has 12 heteroatoms. The van der Waals surface area contributed by atoms with Gasteiger partial charge in [-0.25, -0.2) is 22.7 Å². The number of hydrogen-bond donors (Lipinski definition) is 0. The van der Waals surface area contributed by atoms with Crippen molar-refractivity contribution < 1.29 is 22.7 Å². The molecular weight excluding hydrogens is 514 g/mol. The summed E-state index contributed by atoms with van der Waals surface area (Å²) in [5, 5.41) is 0. The average molecular weight is 546 g/mol. The number of fused-ring (bicyclic) bond motifs is 1. The maximum absolute atomic E-state index is 11.8. The van der Waals surface area contributed by atoms with Crippen molar-refractivity contribution in [1.82, 2.24) is 24.2 Å². The third kappa shape index (κ3) is 6.20. The van der Waals surface area contributed by atoms with Gasteiger partial charge in [0.25, 0.3) is 0 Å². The molecule has 2 aliphatic rings. The standard InChI is InChI=1S/C25H29N5O5S.H2S/c1-29-14-20(34-16-23(29)31)15-35-25-24-22(26-9-10-27-24)13-21(28-25)19-5-3-17(4-6-19)18-7-11-30(12-8-18)36(2,32)33;/h3-6,9-10,13,18,20H,7-8,11-12,14-16H2,1-2H3;1H2/t20-;/m0./s1. The molecule has 1 atom stereocenters. The lowest BCUT2D eigenvalue weighted by Crippen LogP contribution is -2.46. The average Bonchev–Trinajstić information content (AvgIpc) is 2.89. The molecule has 0 saturated carbocycles. The third-order valence-corrected chi connectivity index (χ3v) is 8.08. The summed E-state index contributed by atoms with van der Waals surface area (Å²) in [6.45, 7) is 1.83. The van der Waals surface area contributed by atoms with Crippen molar-refractivity contribution in [3.63, 3.8) is 0 Å². The van der Waals surface area contributed by atoms with Gasteiger partial charge in [-0.05, 0) is 30.4 Å². The number of morpholine rings is 1. The predicted octanol–water partition coefficient (Wildman–Crippen LogP) is 2.18. The maximum atomic E-state index is 11.8. The van der Waals surface area contributed by atoms with Crippen molar-refractivity contribution >= 4 is 40.5 Å². The van der Waals surface area contributed by atoms with E-state index in [1.54, 1.807) is 28.6 Å². The molecule has 0 radical (unpaired) electrons. The minimum Gasteiger partial charge on any atom is -0.473 e. The molecule has 10 nitrogen and oxygen atoms in total. The van der Waals surface area contributed by atoms with Crippen LogP contribution >= 0.6 is 13.5 Å². The van der Waals surface area contributed by atoms with E-state index in [1.807, 2.05) is 18.2 Å². The quantitative estimate of drug-likeness (QED) is 0.463. The molecule has 2 aliphatic heterocycles. The van der Waals surface area contributed by atoms with Gasteiger partial charge in [0.1, 0.15) is 19.3 Å². The van der Waals surface area contributed by atoms with Gasteiger partial charge in [-0.1, -0.05) is 24.3 Å². The normalized spacial score (nSPS) is 19.6. The van der Waals surface area contributed by atoms with E-state index in [-0.39, 0.29) is 38.7 Å². The number of ether oxygens (including phenoxy) is 2. The summed E-state index contributed by atoms with van der Waals surface area (Å²) in [6.07, 6.45) is 5.86. The number of sulfonamides is 1. The molecule has 198 valence electrons. The van der Waals surface area contributed by atoms with Gasteiger partial charge in [-0.15, -0.1) is 0 Å². The molecule has 2 saturated heterocycles. The molecule has 2 fully saturated rings. The van der Waals surface area contributed by atoms with Crippen LogP contribution in [0.1, 0.15) is 24.3 Å². The SMILES string of the molecule is CN1C[C@@H](COc2nc(-c3ccc(C4CCN(S(C)(=O)=O)CC4)cc3)cc3nccnc23)OCC1=O.S. The number of benzene rings is 1. The highest BCUT2D eigenvalue weighted by atomic mass is 32.2. The molecule has 0 aliphatic carbocycles. The number of rotatable bonds is 6. The van der Waals surface area contributed by atoms with Gasteiger partial charge >= 0.3 is 0 Å². The minimum absolute atomic E-state index is 0. The van der Waals surface area contributed by atoms with Crippen molar-refractivity contribution in [2.75, 3.05) is 46.2 Å². The van der Waals surface area contributed by atoms with E-state index in [1.165, 1.54) is 11.8 Å². The van der Waals surface area contributed by atoms with Gasteiger partial charge in [0.15, 0.2) is 5.52 Å². The summed E-state index contributed by atoms with van der Waals surface area (Å²) in [4.78, 5) is 26.9. The topological polar surface area (TPSA) is 115 Å². The van der Waals surface area contributed by atoms with Crippen LogP contribution < -0.4 is 4.74 Å². The highest BCUT2D eigenvalue weighted by Crippen LogP contribution is 2.32. The second-order valence-electron chi connectivity index (χ2n) is 9.31. The zero-order valence-electron chi connectivity index (χ0n) is 20.8. The van der Waals surface area contributed by atoms with Crippen molar-refractivity contribution in [2.45, 2.75) is 24.9 Å². The van der Waals surface area contributed by atoms with Crippen molar-refractivity contribution in [3.05, 3.63) is 48.3 Å². The Bertz CT molecular complexity index is 1360. The summed E-state index contributed by atoms with van der Waals surface area (Å²) >= 11 is 0. The van der Waals surface area contributed by atoms with Crippen LogP contribution in [0.3, 0.4) is 0 Å². The lowest BCUT2D eigenvalue weighted by atomic mass is 9.89. The Labute approximate surface area is 223 Å².